The van der Waals surface area contributed by atoms with Gasteiger partial charge in [0.1, 0.15) is 11.5 Å². The van der Waals surface area contributed by atoms with Gasteiger partial charge in [-0.3, -0.25) is 0 Å². The number of rotatable bonds is 1. The second-order valence-electron chi connectivity index (χ2n) is 13.6. The van der Waals surface area contributed by atoms with E-state index in [1.165, 1.54) is 32.3 Å². The van der Waals surface area contributed by atoms with Crippen LogP contribution in [0.5, 0.6) is 11.5 Å². The first-order chi connectivity index (χ1) is 25.1. The molecule has 0 fully saturated rings. The maximum atomic E-state index is 6.67. The van der Waals surface area contributed by atoms with Crippen LogP contribution in [-0.2, 0) is 0 Å². The predicted molar refractivity (Wildman–Crippen MR) is 212 cm³/mol. The first kappa shape index (κ1) is 28.3. The molecule has 0 saturated carbocycles. The monoisotopic (exact) mass is 652 g/mol. The minimum atomic E-state index is -0.571. The third-order valence-electron chi connectivity index (χ3n) is 10.5. The van der Waals surface area contributed by atoms with Gasteiger partial charge < -0.3 is 14.3 Å². The molecule has 8 aromatic carbocycles. The molecule has 1 N–H and O–H groups in total. The quantitative estimate of drug-likeness (QED) is 0.142. The Morgan fingerprint density at radius 2 is 1.02 bits per heavy atom. The van der Waals surface area contributed by atoms with Crippen molar-refractivity contribution >= 4 is 72.3 Å². The van der Waals surface area contributed by atoms with Crippen LogP contribution in [0.25, 0.3) is 70.7 Å². The lowest BCUT2D eigenvalue weighted by Gasteiger charge is -2.19. The van der Waals surface area contributed by atoms with Crippen molar-refractivity contribution < 1.29 is 9.31 Å². The summed E-state index contributed by atoms with van der Waals surface area (Å²) in [5.41, 5.74) is 7.73. The molecule has 0 aliphatic carbocycles. The summed E-state index contributed by atoms with van der Waals surface area (Å²) in [5, 5.41) is 12.0. The maximum absolute atomic E-state index is 6.67. The van der Waals surface area contributed by atoms with Gasteiger partial charge in [-0.2, -0.15) is 0 Å². The number of aromatic nitrogens is 1. The molecule has 11 rings (SSSR count). The Kier molecular flexibility index (Phi) is 5.93. The molecule has 238 valence electrons. The Morgan fingerprint density at radius 3 is 1.69 bits per heavy atom. The smallest absolute Gasteiger partial charge is 0.525 e. The van der Waals surface area contributed by atoms with Gasteiger partial charge in [-0.25, -0.2) is 4.99 Å². The average Bonchev–Trinajstić information content (AvgIpc) is 3.84. The summed E-state index contributed by atoms with van der Waals surface area (Å²) in [5.74, 6) is 1.49. The minimum Gasteiger partial charge on any atom is -0.525 e. The highest BCUT2D eigenvalue weighted by molar-refractivity contribution is 6.45. The zero-order chi connectivity index (χ0) is 33.6. The largest absolute Gasteiger partial charge is 0.591 e. The molecule has 0 atom stereocenters. The van der Waals surface area contributed by atoms with E-state index in [1.807, 2.05) is 6.82 Å². The Labute approximate surface area is 294 Å². The normalized spacial score (nSPS) is 15.6. The molecule has 51 heavy (non-hydrogen) atoms. The third-order valence-corrected chi connectivity index (χ3v) is 10.5. The number of hydrogen-bond donors (Lipinski definition) is 1. The SMILES string of the molecule is CB1Oc2cc3ccccc3cc2C2=N/C(=C(/c3cc4ccc5cccc6ccc(c3)c4c56)c3ccc([nH]3)-c3cc4ccccc4cc3O1)C=C2. The van der Waals surface area contributed by atoms with Crippen LogP contribution < -0.4 is 9.31 Å². The maximum Gasteiger partial charge on any atom is 0.591 e. The van der Waals surface area contributed by atoms with Crippen molar-refractivity contribution in [2.75, 3.05) is 0 Å². The number of allylic oxidation sites excluding steroid dienone is 2. The molecule has 1 aromatic heterocycles. The molecular weight excluding hydrogens is 623 g/mol. The fraction of sp³-hybridized carbons (Fsp3) is 0.0217. The van der Waals surface area contributed by atoms with Crippen LogP contribution in [0.1, 0.15) is 16.8 Å². The molecule has 0 spiro atoms. The Bertz CT molecular complexity index is 2940. The number of H-pyrrole nitrogens is 1. The van der Waals surface area contributed by atoms with Gasteiger partial charge >= 0.3 is 7.12 Å². The van der Waals surface area contributed by atoms with E-state index in [1.54, 1.807) is 0 Å². The van der Waals surface area contributed by atoms with Crippen molar-refractivity contribution in [3.05, 3.63) is 174 Å². The number of benzene rings is 8. The van der Waals surface area contributed by atoms with Crippen molar-refractivity contribution in [2.24, 2.45) is 4.99 Å². The summed E-state index contributed by atoms with van der Waals surface area (Å²) < 4.78 is 13.3. The summed E-state index contributed by atoms with van der Waals surface area (Å²) in [4.78, 5) is 9.15. The molecule has 0 radical (unpaired) electrons. The fourth-order valence-electron chi connectivity index (χ4n) is 8.11. The highest BCUT2D eigenvalue weighted by Gasteiger charge is 2.25. The Morgan fingerprint density at radius 1 is 0.490 bits per heavy atom. The standard InChI is InChI=1S/C46H29BN2O2/c1-47-50-42-25-31-9-4-2-7-29(31)23-36(42)38-17-19-40(48-38)46(35-21-33-15-13-27-11-6-12-28-14-16-34(22-35)45(33)44(27)28)41-20-18-39(49-41)37-24-30-8-3-5-10-32(30)26-43(37)51-47/h2-26,48H,1H3/b46-41-. The van der Waals surface area contributed by atoms with Gasteiger partial charge in [0.05, 0.1) is 11.4 Å². The second kappa shape index (κ2) is 10.7. The highest BCUT2D eigenvalue weighted by Crippen LogP contribution is 2.42. The lowest BCUT2D eigenvalue weighted by molar-refractivity contribution is 0.432. The zero-order valence-corrected chi connectivity index (χ0v) is 27.8. The molecule has 0 unspecified atom stereocenters. The molecular formula is C46H29BN2O2. The average molecular weight is 653 g/mol. The van der Waals surface area contributed by atoms with Crippen LogP contribution >= 0.6 is 0 Å². The van der Waals surface area contributed by atoms with E-state index in [9.17, 15) is 0 Å². The molecule has 5 heteroatoms. The van der Waals surface area contributed by atoms with Gasteiger partial charge in [-0.05, 0) is 127 Å². The molecule has 4 nitrogen and oxygen atoms in total. The first-order valence-electron chi connectivity index (χ1n) is 17.4. The number of aliphatic imine (C=N–C) groups is 1. The predicted octanol–water partition coefficient (Wildman–Crippen LogP) is 11.6. The number of hydrogen-bond acceptors (Lipinski definition) is 3. The van der Waals surface area contributed by atoms with Crippen LogP contribution in [0.3, 0.4) is 0 Å². The van der Waals surface area contributed by atoms with Gasteiger partial charge in [0.25, 0.3) is 0 Å². The molecule has 0 amide bonds. The molecule has 9 aromatic rings. The van der Waals surface area contributed by atoms with Crippen molar-refractivity contribution in [2.45, 2.75) is 6.82 Å². The third kappa shape index (κ3) is 4.45. The van der Waals surface area contributed by atoms with Crippen molar-refractivity contribution in [1.82, 2.24) is 4.98 Å². The summed E-state index contributed by atoms with van der Waals surface area (Å²) in [7, 11) is -0.571. The van der Waals surface area contributed by atoms with E-state index in [4.69, 9.17) is 14.3 Å². The Balaban J connectivity index is 1.19. The van der Waals surface area contributed by atoms with Gasteiger partial charge in [-0.1, -0.05) is 91.0 Å². The number of nitrogens with zero attached hydrogens (tertiary/aromatic N) is 1. The zero-order valence-electron chi connectivity index (χ0n) is 27.8. The van der Waals surface area contributed by atoms with Gasteiger partial charge in [-0.15, -0.1) is 0 Å². The van der Waals surface area contributed by atoms with Crippen molar-refractivity contribution in [3.8, 4) is 22.8 Å². The minimum absolute atomic E-state index is 0.571. The first-order valence-corrected chi connectivity index (χ1v) is 17.4. The molecule has 4 bridgehead atoms. The van der Waals surface area contributed by atoms with Crippen LogP contribution in [0.2, 0.25) is 6.82 Å². The Hall–Kier alpha value is -6.59. The summed E-state index contributed by atoms with van der Waals surface area (Å²) in [6.45, 7) is 1.95. The lowest BCUT2D eigenvalue weighted by Crippen LogP contribution is -2.26. The van der Waals surface area contributed by atoms with E-state index < -0.39 is 7.12 Å². The van der Waals surface area contributed by atoms with Gasteiger partial charge in [0, 0.05) is 28.1 Å². The molecule has 0 saturated heterocycles. The van der Waals surface area contributed by atoms with Crippen LogP contribution in [-0.4, -0.2) is 17.8 Å². The number of nitrogens with one attached hydrogen (secondary N) is 1. The van der Waals surface area contributed by atoms with Crippen molar-refractivity contribution in [1.29, 1.82) is 0 Å². The summed E-state index contributed by atoms with van der Waals surface area (Å²) >= 11 is 0. The molecule has 2 aliphatic heterocycles. The fourth-order valence-corrected chi connectivity index (χ4v) is 8.11. The van der Waals surface area contributed by atoms with Crippen LogP contribution in [0.4, 0.5) is 0 Å². The summed E-state index contributed by atoms with van der Waals surface area (Å²) in [6, 6.07) is 49.8. The van der Waals surface area contributed by atoms with E-state index in [-0.39, 0.29) is 0 Å². The molecule has 3 heterocycles. The topological polar surface area (TPSA) is 46.6 Å². The van der Waals surface area contributed by atoms with Crippen LogP contribution in [0, 0.1) is 0 Å². The summed E-state index contributed by atoms with van der Waals surface area (Å²) in [6.07, 6.45) is 4.24. The molecule has 2 aliphatic rings. The van der Waals surface area contributed by atoms with E-state index >= 15 is 0 Å². The van der Waals surface area contributed by atoms with Gasteiger partial charge in [0.2, 0.25) is 0 Å². The van der Waals surface area contributed by atoms with E-state index in [0.29, 0.717) is 0 Å². The lowest BCUT2D eigenvalue weighted by atomic mass is 9.90. The van der Waals surface area contributed by atoms with E-state index in [0.717, 1.165) is 78.1 Å². The van der Waals surface area contributed by atoms with Crippen molar-refractivity contribution in [3.63, 3.8) is 0 Å². The highest BCUT2D eigenvalue weighted by atomic mass is 16.6. The second-order valence-corrected chi connectivity index (χ2v) is 13.6. The van der Waals surface area contributed by atoms with Gasteiger partial charge in [0.15, 0.2) is 0 Å². The number of fused-ring (bicyclic) bond motifs is 9. The van der Waals surface area contributed by atoms with Crippen LogP contribution in [0.15, 0.2) is 162 Å². The van der Waals surface area contributed by atoms with E-state index in [2.05, 4.69) is 157 Å². The number of aromatic amines is 1.